The molecule has 142 valence electrons. The lowest BCUT2D eigenvalue weighted by molar-refractivity contribution is 0.102. The summed E-state index contributed by atoms with van der Waals surface area (Å²) in [5, 5.41) is 11.7. The standard InChI is InChI=1S/C23H24N4O/c1-2-17-8-10-20(11-9-17)24-23(28)19-7-5-6-18(16-19)21-12-13-22(26-25-21)27-14-3-4-15-27/h5-13,16H,2-4,14-15H2,1H3,(H,24,28). The van der Waals surface area contributed by atoms with Crippen LogP contribution in [0.5, 0.6) is 0 Å². The van der Waals surface area contributed by atoms with E-state index >= 15 is 0 Å². The Morgan fingerprint density at radius 3 is 2.46 bits per heavy atom. The van der Waals surface area contributed by atoms with Crippen molar-refractivity contribution in [1.82, 2.24) is 10.2 Å². The van der Waals surface area contributed by atoms with Gasteiger partial charge in [-0.15, -0.1) is 10.2 Å². The van der Waals surface area contributed by atoms with E-state index in [-0.39, 0.29) is 5.91 Å². The van der Waals surface area contributed by atoms with Gasteiger partial charge in [-0.1, -0.05) is 31.2 Å². The smallest absolute Gasteiger partial charge is 0.255 e. The Balaban J connectivity index is 1.49. The molecule has 1 amide bonds. The molecule has 1 aliphatic rings. The molecule has 0 aliphatic carbocycles. The van der Waals surface area contributed by atoms with E-state index in [0.29, 0.717) is 5.56 Å². The molecule has 3 aromatic rings. The zero-order valence-corrected chi connectivity index (χ0v) is 16.1. The highest BCUT2D eigenvalue weighted by atomic mass is 16.1. The van der Waals surface area contributed by atoms with Gasteiger partial charge in [-0.2, -0.15) is 0 Å². The maximum absolute atomic E-state index is 12.6. The Labute approximate surface area is 165 Å². The van der Waals surface area contributed by atoms with Crippen LogP contribution in [-0.2, 0) is 6.42 Å². The van der Waals surface area contributed by atoms with E-state index in [1.165, 1.54) is 18.4 Å². The lowest BCUT2D eigenvalue weighted by Gasteiger charge is -2.15. The van der Waals surface area contributed by atoms with Gasteiger partial charge in [0.05, 0.1) is 5.69 Å². The first-order valence-corrected chi connectivity index (χ1v) is 9.82. The van der Waals surface area contributed by atoms with Gasteiger partial charge in [0.2, 0.25) is 0 Å². The molecule has 28 heavy (non-hydrogen) atoms. The summed E-state index contributed by atoms with van der Waals surface area (Å²) in [4.78, 5) is 14.9. The van der Waals surface area contributed by atoms with Crippen molar-refractivity contribution >= 4 is 17.4 Å². The molecule has 0 unspecified atom stereocenters. The van der Waals surface area contributed by atoms with Gasteiger partial charge in [0, 0.05) is 29.9 Å². The molecule has 5 nitrogen and oxygen atoms in total. The SMILES string of the molecule is CCc1ccc(NC(=O)c2cccc(-c3ccc(N4CCCC4)nn3)c2)cc1. The monoisotopic (exact) mass is 372 g/mol. The van der Waals surface area contributed by atoms with Crippen LogP contribution < -0.4 is 10.2 Å². The Kier molecular flexibility index (Phi) is 5.33. The molecule has 1 aromatic heterocycles. The molecule has 1 fully saturated rings. The third-order valence-corrected chi connectivity index (χ3v) is 5.12. The molecule has 1 N–H and O–H groups in total. The van der Waals surface area contributed by atoms with Crippen LogP contribution in [-0.4, -0.2) is 29.2 Å². The minimum absolute atomic E-state index is 0.132. The lowest BCUT2D eigenvalue weighted by atomic mass is 10.1. The van der Waals surface area contributed by atoms with Crippen LogP contribution in [0.4, 0.5) is 11.5 Å². The van der Waals surface area contributed by atoms with Crippen LogP contribution >= 0.6 is 0 Å². The van der Waals surface area contributed by atoms with Crippen molar-refractivity contribution in [3.05, 3.63) is 71.8 Å². The summed E-state index contributed by atoms with van der Waals surface area (Å²) in [7, 11) is 0. The van der Waals surface area contributed by atoms with Crippen LogP contribution in [0.25, 0.3) is 11.3 Å². The molecule has 0 radical (unpaired) electrons. The number of carbonyl (C=O) groups excluding carboxylic acids is 1. The van der Waals surface area contributed by atoms with Gasteiger partial charge in [0.1, 0.15) is 0 Å². The average molecular weight is 372 g/mol. The van der Waals surface area contributed by atoms with Crippen molar-refractivity contribution in [2.75, 3.05) is 23.3 Å². The molecule has 0 atom stereocenters. The maximum atomic E-state index is 12.6. The van der Waals surface area contributed by atoms with Gasteiger partial charge < -0.3 is 10.2 Å². The fourth-order valence-electron chi connectivity index (χ4n) is 3.44. The topological polar surface area (TPSA) is 58.1 Å². The van der Waals surface area contributed by atoms with Crippen LogP contribution in [0.2, 0.25) is 0 Å². The molecule has 2 heterocycles. The quantitative estimate of drug-likeness (QED) is 0.713. The number of benzene rings is 2. The van der Waals surface area contributed by atoms with E-state index in [9.17, 15) is 4.79 Å². The number of aryl methyl sites for hydroxylation is 1. The number of carbonyl (C=O) groups is 1. The minimum Gasteiger partial charge on any atom is -0.355 e. The second-order valence-corrected chi connectivity index (χ2v) is 7.06. The van der Waals surface area contributed by atoms with Gasteiger partial charge in [0.25, 0.3) is 5.91 Å². The van der Waals surface area contributed by atoms with Crippen molar-refractivity contribution in [3.8, 4) is 11.3 Å². The summed E-state index contributed by atoms with van der Waals surface area (Å²) in [6, 6.07) is 19.4. The molecule has 1 aliphatic heterocycles. The molecule has 5 heteroatoms. The van der Waals surface area contributed by atoms with E-state index < -0.39 is 0 Å². The van der Waals surface area contributed by atoms with Gasteiger partial charge in [-0.3, -0.25) is 4.79 Å². The summed E-state index contributed by atoms with van der Waals surface area (Å²) in [5.74, 6) is 0.790. The number of nitrogens with one attached hydrogen (secondary N) is 1. The third-order valence-electron chi connectivity index (χ3n) is 5.12. The van der Waals surface area contributed by atoms with Crippen LogP contribution in [0, 0.1) is 0 Å². The Morgan fingerprint density at radius 1 is 1.00 bits per heavy atom. The molecule has 0 saturated carbocycles. The second-order valence-electron chi connectivity index (χ2n) is 7.06. The van der Waals surface area contributed by atoms with Gasteiger partial charge in [-0.05, 0) is 61.2 Å². The molecular weight excluding hydrogens is 348 g/mol. The number of amides is 1. The number of aromatic nitrogens is 2. The normalized spacial score (nSPS) is 13.5. The van der Waals surface area contributed by atoms with Crippen molar-refractivity contribution in [1.29, 1.82) is 0 Å². The van der Waals surface area contributed by atoms with Crippen molar-refractivity contribution < 1.29 is 4.79 Å². The van der Waals surface area contributed by atoms with E-state index in [4.69, 9.17) is 0 Å². The van der Waals surface area contributed by atoms with E-state index in [2.05, 4.69) is 27.3 Å². The highest BCUT2D eigenvalue weighted by molar-refractivity contribution is 6.04. The number of nitrogens with zero attached hydrogens (tertiary/aromatic N) is 3. The van der Waals surface area contributed by atoms with Gasteiger partial charge >= 0.3 is 0 Å². The first kappa shape index (κ1) is 18.2. The third kappa shape index (κ3) is 4.03. The molecule has 1 saturated heterocycles. The summed E-state index contributed by atoms with van der Waals surface area (Å²) in [6.07, 6.45) is 3.40. The fraction of sp³-hybridized carbons (Fsp3) is 0.261. The molecule has 2 aromatic carbocycles. The minimum atomic E-state index is -0.132. The Hall–Kier alpha value is -3.21. The van der Waals surface area contributed by atoms with E-state index in [1.807, 2.05) is 60.7 Å². The number of anilines is 2. The van der Waals surface area contributed by atoms with E-state index in [0.717, 1.165) is 42.3 Å². The first-order chi connectivity index (χ1) is 13.7. The first-order valence-electron chi connectivity index (χ1n) is 9.82. The highest BCUT2D eigenvalue weighted by Gasteiger charge is 2.14. The molecule has 0 bridgehead atoms. The predicted octanol–water partition coefficient (Wildman–Crippen LogP) is 4.56. The average Bonchev–Trinajstić information content (AvgIpc) is 3.29. The molecule has 0 spiro atoms. The van der Waals surface area contributed by atoms with Gasteiger partial charge in [-0.25, -0.2) is 0 Å². The van der Waals surface area contributed by atoms with Crippen molar-refractivity contribution in [2.45, 2.75) is 26.2 Å². The van der Waals surface area contributed by atoms with Crippen LogP contribution in [0.1, 0.15) is 35.7 Å². The zero-order valence-electron chi connectivity index (χ0n) is 16.1. The predicted molar refractivity (Wildman–Crippen MR) is 113 cm³/mol. The zero-order chi connectivity index (χ0) is 19.3. The fourth-order valence-corrected chi connectivity index (χ4v) is 3.44. The summed E-state index contributed by atoms with van der Waals surface area (Å²) in [5.41, 5.74) is 4.29. The van der Waals surface area contributed by atoms with Crippen molar-refractivity contribution in [3.63, 3.8) is 0 Å². The number of hydrogen-bond donors (Lipinski definition) is 1. The number of rotatable bonds is 5. The Morgan fingerprint density at radius 2 is 1.79 bits per heavy atom. The van der Waals surface area contributed by atoms with Gasteiger partial charge in [0.15, 0.2) is 5.82 Å². The summed E-state index contributed by atoms with van der Waals surface area (Å²) < 4.78 is 0. The van der Waals surface area contributed by atoms with Crippen molar-refractivity contribution in [2.24, 2.45) is 0 Å². The second kappa shape index (κ2) is 8.21. The lowest BCUT2D eigenvalue weighted by Crippen LogP contribution is -2.19. The van der Waals surface area contributed by atoms with Crippen LogP contribution in [0.3, 0.4) is 0 Å². The largest absolute Gasteiger partial charge is 0.355 e. The maximum Gasteiger partial charge on any atom is 0.255 e. The molecule has 4 rings (SSSR count). The summed E-state index contributed by atoms with van der Waals surface area (Å²) >= 11 is 0. The Bertz CT molecular complexity index is 945. The number of hydrogen-bond acceptors (Lipinski definition) is 4. The van der Waals surface area contributed by atoms with E-state index in [1.54, 1.807) is 0 Å². The highest BCUT2D eigenvalue weighted by Crippen LogP contribution is 2.22. The molecular formula is C23H24N4O. The van der Waals surface area contributed by atoms with Crippen LogP contribution in [0.15, 0.2) is 60.7 Å². The summed E-state index contributed by atoms with van der Waals surface area (Å²) in [6.45, 7) is 4.20.